The van der Waals surface area contributed by atoms with Crippen LogP contribution in [-0.4, -0.2) is 31.4 Å². The van der Waals surface area contributed by atoms with Gasteiger partial charge in [-0.05, 0) is 30.7 Å². The Balaban J connectivity index is 1.55. The van der Waals surface area contributed by atoms with Crippen molar-refractivity contribution in [1.29, 1.82) is 0 Å². The number of hydrogen-bond donors (Lipinski definition) is 2. The first-order valence-corrected chi connectivity index (χ1v) is 8.54. The zero-order valence-electron chi connectivity index (χ0n) is 15.0. The van der Waals surface area contributed by atoms with Crippen LogP contribution < -0.4 is 11.0 Å². The molecule has 0 atom stereocenters. The van der Waals surface area contributed by atoms with Crippen molar-refractivity contribution < 1.29 is 4.79 Å². The number of nitrogens with one attached hydrogen (secondary N) is 2. The number of imidazole rings is 1. The van der Waals surface area contributed by atoms with Crippen LogP contribution in [0, 0.1) is 0 Å². The summed E-state index contributed by atoms with van der Waals surface area (Å²) in [5, 5.41) is 11.2. The number of carbonyl (C=O) groups is 1. The highest BCUT2D eigenvalue weighted by atomic mass is 16.2. The number of benzene rings is 2. The van der Waals surface area contributed by atoms with Gasteiger partial charge in [0.2, 0.25) is 0 Å². The molecule has 0 unspecified atom stereocenters. The Morgan fingerprint density at radius 3 is 2.57 bits per heavy atom. The molecule has 0 spiro atoms. The summed E-state index contributed by atoms with van der Waals surface area (Å²) in [7, 11) is 0. The zero-order chi connectivity index (χ0) is 19.5. The highest BCUT2D eigenvalue weighted by Gasteiger charge is 2.13. The topological polar surface area (TPSA) is 105 Å². The molecule has 0 radical (unpaired) electrons. The van der Waals surface area contributed by atoms with Crippen LogP contribution in [0.3, 0.4) is 0 Å². The Morgan fingerprint density at radius 1 is 1.11 bits per heavy atom. The third-order valence-electron chi connectivity index (χ3n) is 4.32. The maximum absolute atomic E-state index is 12.5. The molecule has 0 fully saturated rings. The van der Waals surface area contributed by atoms with E-state index in [2.05, 4.69) is 25.7 Å². The first kappa shape index (κ1) is 17.3. The molecule has 2 aromatic heterocycles. The third-order valence-corrected chi connectivity index (χ3v) is 4.32. The molecule has 4 rings (SSSR count). The number of nitrogens with zero attached hydrogens (tertiary/aromatic N) is 4. The van der Waals surface area contributed by atoms with Crippen molar-refractivity contribution in [2.45, 2.75) is 6.92 Å². The average molecular weight is 372 g/mol. The molecule has 8 nitrogen and oxygen atoms in total. The van der Waals surface area contributed by atoms with Crippen LogP contribution in [0.5, 0.6) is 0 Å². The van der Waals surface area contributed by atoms with Gasteiger partial charge in [-0.15, -0.1) is 0 Å². The molecule has 0 saturated heterocycles. The van der Waals surface area contributed by atoms with Gasteiger partial charge in [0.25, 0.3) is 11.5 Å². The van der Waals surface area contributed by atoms with Gasteiger partial charge in [-0.25, -0.2) is 15.5 Å². The predicted molar refractivity (Wildman–Crippen MR) is 106 cm³/mol. The van der Waals surface area contributed by atoms with Gasteiger partial charge in [0, 0.05) is 23.5 Å². The van der Waals surface area contributed by atoms with Gasteiger partial charge in [0.1, 0.15) is 0 Å². The second-order valence-electron chi connectivity index (χ2n) is 6.10. The van der Waals surface area contributed by atoms with Gasteiger partial charge >= 0.3 is 0 Å². The Bertz CT molecular complexity index is 1220. The minimum atomic E-state index is -0.498. The summed E-state index contributed by atoms with van der Waals surface area (Å²) in [5.41, 5.74) is 4.75. The molecule has 0 aliphatic heterocycles. The standard InChI is InChI=1S/C20H16N6O2/c1-13(14-6-8-15(9-7-14)26-11-10-21-12-26)22-25-20(28)18-16-4-2-3-5-17(16)19(27)24-23-18/h2-12H,1H3,(H,24,27)(H,25,28)/b22-13-. The lowest BCUT2D eigenvalue weighted by Gasteiger charge is -2.06. The fraction of sp³-hybridized carbons (Fsp3) is 0.0500. The van der Waals surface area contributed by atoms with E-state index in [1.165, 1.54) is 0 Å². The number of hydrazone groups is 1. The fourth-order valence-corrected chi connectivity index (χ4v) is 2.83. The van der Waals surface area contributed by atoms with E-state index in [9.17, 15) is 9.59 Å². The Morgan fingerprint density at radius 2 is 1.86 bits per heavy atom. The normalized spacial score (nSPS) is 11.5. The zero-order valence-corrected chi connectivity index (χ0v) is 15.0. The van der Waals surface area contributed by atoms with Gasteiger partial charge in [0.05, 0.1) is 17.4 Å². The Labute approximate surface area is 159 Å². The first-order chi connectivity index (χ1) is 13.6. The molecule has 0 aliphatic rings. The van der Waals surface area contributed by atoms with Crippen LogP contribution >= 0.6 is 0 Å². The lowest BCUT2D eigenvalue weighted by molar-refractivity contribution is 0.0950. The quantitative estimate of drug-likeness (QED) is 0.423. The monoisotopic (exact) mass is 372 g/mol. The molecular weight excluding hydrogens is 356 g/mol. The largest absolute Gasteiger partial charge is 0.306 e. The second-order valence-corrected chi connectivity index (χ2v) is 6.10. The smallest absolute Gasteiger partial charge is 0.292 e. The van der Waals surface area contributed by atoms with E-state index < -0.39 is 5.91 Å². The third kappa shape index (κ3) is 3.30. The Hall–Kier alpha value is -4.07. The number of aromatic nitrogens is 4. The summed E-state index contributed by atoms with van der Waals surface area (Å²) in [5.74, 6) is -0.498. The summed E-state index contributed by atoms with van der Waals surface area (Å²) in [6, 6.07) is 14.5. The fourth-order valence-electron chi connectivity index (χ4n) is 2.83. The number of H-pyrrole nitrogens is 1. The maximum atomic E-state index is 12.5. The van der Waals surface area contributed by atoms with Crippen molar-refractivity contribution in [3.05, 3.63) is 88.9 Å². The van der Waals surface area contributed by atoms with Gasteiger partial charge in [-0.3, -0.25) is 9.59 Å². The van der Waals surface area contributed by atoms with Gasteiger partial charge in [-0.1, -0.05) is 30.3 Å². The number of rotatable bonds is 4. The molecular formula is C20H16N6O2. The highest BCUT2D eigenvalue weighted by molar-refractivity contribution is 6.06. The average Bonchev–Trinajstić information content (AvgIpc) is 3.27. The molecule has 8 heteroatoms. The van der Waals surface area contributed by atoms with Gasteiger partial charge in [0.15, 0.2) is 5.69 Å². The summed E-state index contributed by atoms with van der Waals surface area (Å²) < 4.78 is 1.89. The molecule has 1 amide bonds. The molecule has 2 aromatic carbocycles. The van der Waals surface area contributed by atoms with E-state index >= 15 is 0 Å². The maximum Gasteiger partial charge on any atom is 0.292 e. The van der Waals surface area contributed by atoms with Crippen LogP contribution in [0.4, 0.5) is 0 Å². The molecule has 0 bridgehead atoms. The van der Waals surface area contributed by atoms with Crippen molar-refractivity contribution >= 4 is 22.4 Å². The number of aromatic amines is 1. The van der Waals surface area contributed by atoms with Crippen molar-refractivity contribution in [3.63, 3.8) is 0 Å². The SMILES string of the molecule is C/C(=N/NC(=O)c1n[nH]c(=O)c2ccccc12)c1ccc(-n2ccnc2)cc1. The highest BCUT2D eigenvalue weighted by Crippen LogP contribution is 2.13. The lowest BCUT2D eigenvalue weighted by Crippen LogP contribution is -2.23. The minimum Gasteiger partial charge on any atom is -0.306 e. The van der Waals surface area contributed by atoms with E-state index in [4.69, 9.17) is 0 Å². The van der Waals surface area contributed by atoms with Crippen LogP contribution in [-0.2, 0) is 0 Å². The summed E-state index contributed by atoms with van der Waals surface area (Å²) in [4.78, 5) is 28.4. The Kier molecular flexibility index (Phi) is 4.51. The molecule has 2 N–H and O–H groups in total. The summed E-state index contributed by atoms with van der Waals surface area (Å²) >= 11 is 0. The number of fused-ring (bicyclic) bond motifs is 1. The summed E-state index contributed by atoms with van der Waals surface area (Å²) in [6.45, 7) is 1.80. The second kappa shape index (κ2) is 7.28. The lowest BCUT2D eigenvalue weighted by atomic mass is 10.1. The van der Waals surface area contributed by atoms with E-state index in [0.29, 0.717) is 16.5 Å². The van der Waals surface area contributed by atoms with E-state index in [1.54, 1.807) is 43.7 Å². The molecule has 28 heavy (non-hydrogen) atoms. The van der Waals surface area contributed by atoms with Crippen molar-refractivity contribution in [2.75, 3.05) is 0 Å². The van der Waals surface area contributed by atoms with Crippen molar-refractivity contribution in [3.8, 4) is 5.69 Å². The minimum absolute atomic E-state index is 0.113. The molecule has 4 aromatic rings. The van der Waals surface area contributed by atoms with Crippen molar-refractivity contribution in [2.24, 2.45) is 5.10 Å². The van der Waals surface area contributed by atoms with Crippen LogP contribution in [0.25, 0.3) is 16.5 Å². The first-order valence-electron chi connectivity index (χ1n) is 8.54. The molecule has 0 saturated carbocycles. The molecule has 0 aliphatic carbocycles. The van der Waals surface area contributed by atoms with Crippen LogP contribution in [0.15, 0.2) is 77.1 Å². The molecule has 2 heterocycles. The predicted octanol–water partition coefficient (Wildman–Crippen LogP) is 2.26. The van der Waals surface area contributed by atoms with Crippen molar-refractivity contribution in [1.82, 2.24) is 25.2 Å². The summed E-state index contributed by atoms with van der Waals surface area (Å²) in [6.07, 6.45) is 5.29. The van der Waals surface area contributed by atoms with E-state index in [1.807, 2.05) is 35.0 Å². The molecule has 138 valence electrons. The number of hydrogen-bond acceptors (Lipinski definition) is 5. The number of amides is 1. The number of carbonyl (C=O) groups excluding carboxylic acids is 1. The van der Waals surface area contributed by atoms with Gasteiger partial charge < -0.3 is 4.57 Å². The van der Waals surface area contributed by atoms with Gasteiger partial charge in [-0.2, -0.15) is 10.2 Å². The van der Waals surface area contributed by atoms with Crippen LogP contribution in [0.2, 0.25) is 0 Å². The van der Waals surface area contributed by atoms with E-state index in [-0.39, 0.29) is 11.3 Å². The van der Waals surface area contributed by atoms with E-state index in [0.717, 1.165) is 11.3 Å². The van der Waals surface area contributed by atoms with Crippen LogP contribution in [0.1, 0.15) is 23.0 Å².